The number of halogens is 2. The summed E-state index contributed by atoms with van der Waals surface area (Å²) >= 11 is 7.42. The molecule has 4 heteroatoms. The lowest BCUT2D eigenvalue weighted by atomic mass is 10.0. The first-order valence-corrected chi connectivity index (χ1v) is 8.70. The first kappa shape index (κ1) is 14.9. The van der Waals surface area contributed by atoms with Crippen LogP contribution in [0.3, 0.4) is 0 Å². The van der Waals surface area contributed by atoms with Gasteiger partial charge in [-0.1, -0.05) is 56.1 Å². The van der Waals surface area contributed by atoms with Crippen LogP contribution < -0.4 is 9.47 Å². The predicted octanol–water partition coefficient (Wildman–Crippen LogP) is 5.29. The van der Waals surface area contributed by atoms with Gasteiger partial charge in [0.15, 0.2) is 0 Å². The molecule has 3 rings (SSSR count). The van der Waals surface area contributed by atoms with Crippen LogP contribution >= 0.6 is 31.9 Å². The summed E-state index contributed by atoms with van der Waals surface area (Å²) in [5.74, 6) is 1.87. The van der Waals surface area contributed by atoms with Crippen LogP contribution in [0.25, 0.3) is 0 Å². The van der Waals surface area contributed by atoms with Crippen LogP contribution in [0.2, 0.25) is 0 Å². The van der Waals surface area contributed by atoms with Gasteiger partial charge in [-0.3, -0.25) is 0 Å². The first-order chi connectivity index (χ1) is 10.2. The van der Waals surface area contributed by atoms with Gasteiger partial charge in [-0.25, -0.2) is 0 Å². The third kappa shape index (κ3) is 3.11. The second-order valence-electron chi connectivity index (χ2n) is 4.99. The molecule has 0 aliphatic carbocycles. The van der Waals surface area contributed by atoms with Gasteiger partial charge in [0.2, 0.25) is 0 Å². The van der Waals surface area contributed by atoms with E-state index in [0.29, 0.717) is 6.61 Å². The summed E-state index contributed by atoms with van der Waals surface area (Å²) in [6.45, 7) is 2.66. The number of ether oxygens (including phenoxy) is 2. The molecule has 0 N–H and O–H groups in total. The van der Waals surface area contributed by atoms with E-state index in [4.69, 9.17) is 9.47 Å². The van der Waals surface area contributed by atoms with Crippen LogP contribution in [-0.2, 0) is 6.42 Å². The van der Waals surface area contributed by atoms with E-state index in [1.165, 1.54) is 11.1 Å². The molecule has 0 saturated heterocycles. The van der Waals surface area contributed by atoms with E-state index >= 15 is 0 Å². The van der Waals surface area contributed by atoms with Gasteiger partial charge in [0.1, 0.15) is 17.6 Å². The lowest BCUT2D eigenvalue weighted by molar-refractivity contribution is 0.231. The van der Waals surface area contributed by atoms with E-state index in [1.807, 2.05) is 31.2 Å². The highest BCUT2D eigenvalue weighted by molar-refractivity contribution is 9.11. The van der Waals surface area contributed by atoms with Crippen molar-refractivity contribution in [2.24, 2.45) is 0 Å². The maximum Gasteiger partial charge on any atom is 0.123 e. The molecule has 21 heavy (non-hydrogen) atoms. The third-order valence-electron chi connectivity index (χ3n) is 3.58. The Hall–Kier alpha value is -1.00. The van der Waals surface area contributed by atoms with E-state index < -0.39 is 0 Å². The Labute approximate surface area is 141 Å². The number of rotatable bonds is 4. The fourth-order valence-corrected chi connectivity index (χ4v) is 4.17. The van der Waals surface area contributed by atoms with Crippen LogP contribution in [0.15, 0.2) is 46.9 Å². The number of alkyl halides is 1. The van der Waals surface area contributed by atoms with Crippen molar-refractivity contribution in [1.29, 1.82) is 0 Å². The second-order valence-corrected chi connectivity index (χ2v) is 6.83. The molecule has 0 radical (unpaired) electrons. The average molecular weight is 412 g/mol. The number of para-hydroxylation sites is 1. The summed E-state index contributed by atoms with van der Waals surface area (Å²) in [5.41, 5.74) is 2.45. The van der Waals surface area contributed by atoms with Gasteiger partial charge in [-0.15, -0.1) is 0 Å². The molecule has 2 aromatic rings. The number of hydrogen-bond donors (Lipinski definition) is 0. The number of fused-ring (bicyclic) bond motifs is 1. The zero-order valence-electron chi connectivity index (χ0n) is 11.7. The number of hydrogen-bond acceptors (Lipinski definition) is 2. The topological polar surface area (TPSA) is 18.5 Å². The van der Waals surface area contributed by atoms with Gasteiger partial charge < -0.3 is 9.47 Å². The van der Waals surface area contributed by atoms with Gasteiger partial charge in [0, 0.05) is 10.9 Å². The molecule has 2 unspecified atom stereocenters. The summed E-state index contributed by atoms with van der Waals surface area (Å²) in [7, 11) is 0. The van der Waals surface area contributed by atoms with Gasteiger partial charge >= 0.3 is 0 Å². The summed E-state index contributed by atoms with van der Waals surface area (Å²) in [6, 6.07) is 14.3. The molecule has 2 aromatic carbocycles. The molecule has 1 aliphatic heterocycles. The van der Waals surface area contributed by atoms with E-state index in [9.17, 15) is 0 Å². The van der Waals surface area contributed by atoms with Crippen molar-refractivity contribution >= 4 is 31.9 Å². The van der Waals surface area contributed by atoms with Crippen LogP contribution in [0.4, 0.5) is 0 Å². The largest absolute Gasteiger partial charge is 0.494 e. The highest BCUT2D eigenvalue weighted by Crippen LogP contribution is 2.41. The molecule has 1 heterocycles. The molecule has 0 amide bonds. The molecule has 2 nitrogen and oxygen atoms in total. The van der Waals surface area contributed by atoms with Crippen molar-refractivity contribution in [3.8, 4) is 11.5 Å². The smallest absolute Gasteiger partial charge is 0.123 e. The standard InChI is InChI=1S/C17H16Br2O2/c1-2-20-12-7-8-13(14(18)10-12)17(19)16-9-11-5-3-4-6-15(11)21-16/h3-8,10,16-17H,2,9H2,1H3. The highest BCUT2D eigenvalue weighted by Gasteiger charge is 2.30. The third-order valence-corrected chi connectivity index (χ3v) is 5.35. The summed E-state index contributed by atoms with van der Waals surface area (Å²) in [5, 5.41) is 0. The fraction of sp³-hybridized carbons (Fsp3) is 0.294. The van der Waals surface area contributed by atoms with Crippen LogP contribution in [0.1, 0.15) is 22.9 Å². The molecule has 110 valence electrons. The Morgan fingerprint density at radius 2 is 2.10 bits per heavy atom. The molecule has 1 aliphatic rings. The molecular formula is C17H16Br2O2. The Bertz CT molecular complexity index is 617. The minimum absolute atomic E-state index is 0.108. The van der Waals surface area contributed by atoms with E-state index in [1.54, 1.807) is 0 Å². The maximum absolute atomic E-state index is 6.06. The van der Waals surface area contributed by atoms with Crippen molar-refractivity contribution in [2.45, 2.75) is 24.3 Å². The maximum atomic E-state index is 6.06. The summed E-state index contributed by atoms with van der Waals surface area (Å²) in [4.78, 5) is 0.134. The Morgan fingerprint density at radius 1 is 1.29 bits per heavy atom. The lowest BCUT2D eigenvalue weighted by Crippen LogP contribution is -2.19. The highest BCUT2D eigenvalue weighted by atomic mass is 79.9. The van der Waals surface area contributed by atoms with E-state index in [-0.39, 0.29) is 10.9 Å². The minimum Gasteiger partial charge on any atom is -0.494 e. The number of benzene rings is 2. The van der Waals surface area contributed by atoms with Crippen molar-refractivity contribution in [2.75, 3.05) is 6.61 Å². The Morgan fingerprint density at radius 3 is 2.81 bits per heavy atom. The average Bonchev–Trinajstić information content (AvgIpc) is 2.91. The second kappa shape index (κ2) is 6.41. The van der Waals surface area contributed by atoms with Crippen molar-refractivity contribution in [3.63, 3.8) is 0 Å². The molecule has 0 bridgehead atoms. The quantitative estimate of drug-likeness (QED) is 0.636. The van der Waals surface area contributed by atoms with Gasteiger partial charge in [-0.2, -0.15) is 0 Å². The molecule has 0 saturated carbocycles. The zero-order valence-corrected chi connectivity index (χ0v) is 14.9. The minimum atomic E-state index is 0.108. The van der Waals surface area contributed by atoms with Gasteiger partial charge in [0.25, 0.3) is 0 Å². The van der Waals surface area contributed by atoms with E-state index in [0.717, 1.165) is 22.4 Å². The molecule has 0 spiro atoms. The first-order valence-electron chi connectivity index (χ1n) is 7.00. The predicted molar refractivity (Wildman–Crippen MR) is 91.5 cm³/mol. The zero-order chi connectivity index (χ0) is 14.8. The fourth-order valence-electron chi connectivity index (χ4n) is 2.56. The Balaban J connectivity index is 1.79. The lowest BCUT2D eigenvalue weighted by Gasteiger charge is -2.19. The van der Waals surface area contributed by atoms with Crippen LogP contribution in [0, 0.1) is 0 Å². The van der Waals surface area contributed by atoms with Gasteiger partial charge in [-0.05, 0) is 36.2 Å². The van der Waals surface area contributed by atoms with E-state index in [2.05, 4.69) is 50.1 Å². The molecule has 2 atom stereocenters. The molecule has 0 aromatic heterocycles. The van der Waals surface area contributed by atoms with Gasteiger partial charge in [0.05, 0.1) is 11.4 Å². The molecule has 0 fully saturated rings. The molecular weight excluding hydrogens is 396 g/mol. The summed E-state index contributed by atoms with van der Waals surface area (Å²) in [6.07, 6.45) is 1.03. The normalized spacial score (nSPS) is 18.0. The van der Waals surface area contributed by atoms with Crippen molar-refractivity contribution in [1.82, 2.24) is 0 Å². The van der Waals surface area contributed by atoms with Crippen LogP contribution in [-0.4, -0.2) is 12.7 Å². The SMILES string of the molecule is CCOc1ccc(C(Br)C2Cc3ccccc3O2)c(Br)c1. The monoisotopic (exact) mass is 410 g/mol. The Kier molecular flexibility index (Phi) is 4.55. The summed E-state index contributed by atoms with van der Waals surface area (Å²) < 4.78 is 12.6. The van der Waals surface area contributed by atoms with Crippen molar-refractivity contribution in [3.05, 3.63) is 58.1 Å². The van der Waals surface area contributed by atoms with Crippen LogP contribution in [0.5, 0.6) is 11.5 Å². The van der Waals surface area contributed by atoms with Crippen molar-refractivity contribution < 1.29 is 9.47 Å².